The highest BCUT2D eigenvalue weighted by atomic mass is 14.5. The van der Waals surface area contributed by atoms with Gasteiger partial charge in [-0.05, 0) is 25.3 Å². The summed E-state index contributed by atoms with van der Waals surface area (Å²) in [6, 6.07) is 0. The third kappa shape index (κ3) is 4.40. The van der Waals surface area contributed by atoms with Gasteiger partial charge in [0.2, 0.25) is 0 Å². The molecule has 0 saturated heterocycles. The highest BCUT2D eigenvalue weighted by molar-refractivity contribution is 4.98. The highest BCUT2D eigenvalue weighted by Crippen LogP contribution is 2.22. The molecule has 58 valence electrons. The lowest BCUT2D eigenvalue weighted by molar-refractivity contribution is 0.351. The molecule has 0 aliphatic carbocycles. The predicted octanol–water partition coefficient (Wildman–Crippen LogP) is 1.77. The fourth-order valence-electron chi connectivity index (χ4n) is 0.807. The monoisotopic (exact) mass is 139 g/mol. The van der Waals surface area contributed by atoms with Crippen LogP contribution in [0.4, 0.5) is 0 Å². The van der Waals surface area contributed by atoms with Crippen LogP contribution in [0.1, 0.15) is 33.6 Å². The lowest BCUT2D eigenvalue weighted by Crippen LogP contribution is -2.16. The van der Waals surface area contributed by atoms with Gasteiger partial charge in [-0.15, -0.1) is 11.8 Å². The van der Waals surface area contributed by atoms with E-state index in [9.17, 15) is 0 Å². The van der Waals surface area contributed by atoms with Crippen molar-refractivity contribution in [2.24, 2.45) is 11.1 Å². The Hall–Kier alpha value is -0.480. The minimum atomic E-state index is 0.303. The Labute approximate surface area is 64.0 Å². The summed E-state index contributed by atoms with van der Waals surface area (Å²) in [4.78, 5) is 0. The van der Waals surface area contributed by atoms with Crippen molar-refractivity contribution in [2.75, 3.05) is 6.54 Å². The van der Waals surface area contributed by atoms with Crippen molar-refractivity contribution >= 4 is 0 Å². The fourth-order valence-corrected chi connectivity index (χ4v) is 0.807. The van der Waals surface area contributed by atoms with E-state index in [0.717, 1.165) is 19.4 Å². The molecule has 0 heterocycles. The van der Waals surface area contributed by atoms with E-state index < -0.39 is 0 Å². The lowest BCUT2D eigenvalue weighted by Gasteiger charge is -2.19. The summed E-state index contributed by atoms with van der Waals surface area (Å²) < 4.78 is 0. The molecule has 0 unspecified atom stereocenters. The second-order valence-electron chi connectivity index (χ2n) is 3.31. The Kier molecular flexibility index (Phi) is 4.14. The number of rotatable bonds is 3. The molecule has 0 aromatic rings. The van der Waals surface area contributed by atoms with Crippen LogP contribution < -0.4 is 5.73 Å². The molecule has 10 heavy (non-hydrogen) atoms. The van der Waals surface area contributed by atoms with Crippen LogP contribution in [0.25, 0.3) is 0 Å². The summed E-state index contributed by atoms with van der Waals surface area (Å²) in [7, 11) is 0. The van der Waals surface area contributed by atoms with Crippen molar-refractivity contribution < 1.29 is 0 Å². The smallest absolute Gasteiger partial charge is 0.0140 e. The summed E-state index contributed by atoms with van der Waals surface area (Å²) in [6.45, 7) is 7.03. The van der Waals surface area contributed by atoms with Gasteiger partial charge < -0.3 is 5.73 Å². The molecule has 0 aliphatic heterocycles. The number of nitrogens with two attached hydrogens (primary N) is 1. The van der Waals surface area contributed by atoms with Crippen molar-refractivity contribution in [3.05, 3.63) is 0 Å². The van der Waals surface area contributed by atoms with E-state index in [1.807, 2.05) is 6.92 Å². The molecule has 0 atom stereocenters. The standard InChI is InChI=1S/C9H17N/c1-4-5-6-9(2,3)7-8-10/h6-8,10H2,1-3H3. The van der Waals surface area contributed by atoms with E-state index in [1.165, 1.54) is 0 Å². The predicted molar refractivity (Wildman–Crippen MR) is 45.5 cm³/mol. The topological polar surface area (TPSA) is 26.0 Å². The van der Waals surface area contributed by atoms with Crippen LogP contribution in [0.15, 0.2) is 0 Å². The van der Waals surface area contributed by atoms with Gasteiger partial charge in [0.15, 0.2) is 0 Å². The molecule has 2 N–H and O–H groups in total. The summed E-state index contributed by atoms with van der Waals surface area (Å²) in [5.74, 6) is 5.96. The molecule has 0 rings (SSSR count). The van der Waals surface area contributed by atoms with E-state index in [1.54, 1.807) is 0 Å². The van der Waals surface area contributed by atoms with Gasteiger partial charge in [-0.3, -0.25) is 0 Å². The van der Waals surface area contributed by atoms with Crippen LogP contribution in [-0.2, 0) is 0 Å². The van der Waals surface area contributed by atoms with Gasteiger partial charge in [0, 0.05) is 6.42 Å². The molecule has 0 bridgehead atoms. The van der Waals surface area contributed by atoms with Crippen molar-refractivity contribution in [1.29, 1.82) is 0 Å². The normalized spacial score (nSPS) is 10.4. The number of hydrogen-bond acceptors (Lipinski definition) is 1. The van der Waals surface area contributed by atoms with Gasteiger partial charge in [-0.1, -0.05) is 13.8 Å². The molecule has 0 radical (unpaired) electrons. The Morgan fingerprint density at radius 1 is 1.40 bits per heavy atom. The zero-order valence-corrected chi connectivity index (χ0v) is 7.20. The molecule has 0 fully saturated rings. The van der Waals surface area contributed by atoms with Gasteiger partial charge in [-0.2, -0.15) is 0 Å². The Balaban J connectivity index is 3.70. The Morgan fingerprint density at radius 3 is 2.40 bits per heavy atom. The third-order valence-corrected chi connectivity index (χ3v) is 1.56. The Bertz CT molecular complexity index is 137. The largest absolute Gasteiger partial charge is 0.330 e. The van der Waals surface area contributed by atoms with Crippen molar-refractivity contribution in [1.82, 2.24) is 0 Å². The molecule has 1 nitrogen and oxygen atoms in total. The first kappa shape index (κ1) is 9.52. The van der Waals surface area contributed by atoms with E-state index in [4.69, 9.17) is 5.73 Å². The van der Waals surface area contributed by atoms with Gasteiger partial charge in [-0.25, -0.2) is 0 Å². The lowest BCUT2D eigenvalue weighted by atomic mass is 9.86. The molecule has 0 aromatic carbocycles. The average molecular weight is 139 g/mol. The maximum atomic E-state index is 5.44. The highest BCUT2D eigenvalue weighted by Gasteiger charge is 2.14. The average Bonchev–Trinajstić information content (AvgIpc) is 1.84. The molecule has 0 spiro atoms. The summed E-state index contributed by atoms with van der Waals surface area (Å²) in [5.41, 5.74) is 5.74. The van der Waals surface area contributed by atoms with E-state index in [-0.39, 0.29) is 0 Å². The minimum Gasteiger partial charge on any atom is -0.330 e. The first-order valence-electron chi connectivity index (χ1n) is 3.72. The van der Waals surface area contributed by atoms with Gasteiger partial charge in [0.1, 0.15) is 0 Å². The molecule has 0 aromatic heterocycles. The van der Waals surface area contributed by atoms with Crippen LogP contribution >= 0.6 is 0 Å². The van der Waals surface area contributed by atoms with E-state index in [0.29, 0.717) is 5.41 Å². The van der Waals surface area contributed by atoms with Crippen LogP contribution in [0.5, 0.6) is 0 Å². The third-order valence-electron chi connectivity index (χ3n) is 1.56. The molecule has 0 amide bonds. The van der Waals surface area contributed by atoms with Crippen molar-refractivity contribution in [3.8, 4) is 11.8 Å². The SMILES string of the molecule is CC#CCC(C)(C)CCN. The van der Waals surface area contributed by atoms with Crippen LogP contribution in [0.3, 0.4) is 0 Å². The summed E-state index contributed by atoms with van der Waals surface area (Å²) in [6.07, 6.45) is 2.02. The first-order chi connectivity index (χ1) is 4.62. The van der Waals surface area contributed by atoms with Gasteiger partial charge >= 0.3 is 0 Å². The minimum absolute atomic E-state index is 0.303. The van der Waals surface area contributed by atoms with Crippen LogP contribution in [0.2, 0.25) is 0 Å². The zero-order chi connectivity index (χ0) is 8.04. The summed E-state index contributed by atoms with van der Waals surface area (Å²) >= 11 is 0. The molecular formula is C9H17N. The van der Waals surface area contributed by atoms with Crippen molar-refractivity contribution in [2.45, 2.75) is 33.6 Å². The van der Waals surface area contributed by atoms with Crippen LogP contribution in [0, 0.1) is 17.3 Å². The van der Waals surface area contributed by atoms with E-state index >= 15 is 0 Å². The Morgan fingerprint density at radius 2 is 2.00 bits per heavy atom. The van der Waals surface area contributed by atoms with Gasteiger partial charge in [0.05, 0.1) is 0 Å². The molecule has 1 heteroatoms. The van der Waals surface area contributed by atoms with E-state index in [2.05, 4.69) is 25.7 Å². The van der Waals surface area contributed by atoms with Gasteiger partial charge in [0.25, 0.3) is 0 Å². The second kappa shape index (κ2) is 4.35. The maximum Gasteiger partial charge on any atom is 0.0140 e. The molecular weight excluding hydrogens is 122 g/mol. The quantitative estimate of drug-likeness (QED) is 0.592. The molecule has 0 aliphatic rings. The number of hydrogen-bond donors (Lipinski definition) is 1. The van der Waals surface area contributed by atoms with Crippen LogP contribution in [-0.4, -0.2) is 6.54 Å². The summed E-state index contributed by atoms with van der Waals surface area (Å²) in [5, 5.41) is 0. The first-order valence-corrected chi connectivity index (χ1v) is 3.72. The molecule has 0 saturated carbocycles. The van der Waals surface area contributed by atoms with Crippen molar-refractivity contribution in [3.63, 3.8) is 0 Å². The second-order valence-corrected chi connectivity index (χ2v) is 3.31. The fraction of sp³-hybridized carbons (Fsp3) is 0.778. The maximum absolute atomic E-state index is 5.44. The zero-order valence-electron chi connectivity index (χ0n) is 7.20.